The van der Waals surface area contributed by atoms with E-state index < -0.39 is 23.3 Å². The van der Waals surface area contributed by atoms with E-state index in [9.17, 15) is 19.5 Å². The first-order chi connectivity index (χ1) is 14.5. The van der Waals surface area contributed by atoms with Crippen molar-refractivity contribution in [1.82, 2.24) is 0 Å². The van der Waals surface area contributed by atoms with E-state index in [0.29, 0.717) is 6.42 Å². The third kappa shape index (κ3) is 10.2. The average molecular weight is 419 g/mol. The molecule has 0 aliphatic heterocycles. The van der Waals surface area contributed by atoms with Gasteiger partial charge in [0.25, 0.3) is 0 Å². The van der Waals surface area contributed by atoms with Gasteiger partial charge in [-0.15, -0.1) is 0 Å². The molecule has 30 heavy (non-hydrogen) atoms. The second kappa shape index (κ2) is 15.2. The molecule has 0 spiro atoms. The van der Waals surface area contributed by atoms with Gasteiger partial charge in [-0.1, -0.05) is 43.9 Å². The minimum absolute atomic E-state index is 0.00499. The fourth-order valence-corrected chi connectivity index (χ4v) is 3.26. The number of hydrogen-bond donors (Lipinski definition) is 2. The quantitative estimate of drug-likeness (QED) is 0.151. The number of hydrogen-bond acceptors (Lipinski definition) is 5. The first-order valence-corrected chi connectivity index (χ1v) is 10.8. The summed E-state index contributed by atoms with van der Waals surface area (Å²) >= 11 is 0. The zero-order valence-electron chi connectivity index (χ0n) is 17.9. The number of unbranched alkanes of at least 4 members (excludes halogenated alkanes) is 9. The predicted molar refractivity (Wildman–Crippen MR) is 116 cm³/mol. The van der Waals surface area contributed by atoms with E-state index >= 15 is 0 Å². The van der Waals surface area contributed by atoms with E-state index in [1.807, 2.05) is 0 Å². The summed E-state index contributed by atoms with van der Waals surface area (Å²) < 4.78 is 4.91. The second-order valence-electron chi connectivity index (χ2n) is 7.39. The highest BCUT2D eigenvalue weighted by atomic mass is 16.5. The van der Waals surface area contributed by atoms with Crippen molar-refractivity contribution in [3.05, 3.63) is 47.5 Å². The molecule has 0 unspecified atom stereocenters. The number of aliphatic carboxylic acids is 1. The number of ketones is 2. The van der Waals surface area contributed by atoms with Gasteiger partial charge in [0.05, 0.1) is 7.11 Å². The van der Waals surface area contributed by atoms with Crippen molar-refractivity contribution in [1.29, 1.82) is 0 Å². The van der Waals surface area contributed by atoms with E-state index in [1.54, 1.807) is 6.08 Å². The summed E-state index contributed by atoms with van der Waals surface area (Å²) in [4.78, 5) is 34.1. The molecule has 0 bridgehead atoms. The van der Waals surface area contributed by atoms with Crippen molar-refractivity contribution in [2.75, 3.05) is 7.11 Å². The molecule has 0 aromatic carbocycles. The molecule has 2 N–H and O–H groups in total. The first-order valence-electron chi connectivity index (χ1n) is 10.8. The minimum atomic E-state index is -0.886. The highest BCUT2D eigenvalue weighted by molar-refractivity contribution is 6.20. The van der Waals surface area contributed by atoms with Crippen molar-refractivity contribution in [3.63, 3.8) is 0 Å². The molecule has 1 rings (SSSR count). The van der Waals surface area contributed by atoms with Crippen LogP contribution in [-0.2, 0) is 19.1 Å². The smallest absolute Gasteiger partial charge is 0.327 e. The van der Waals surface area contributed by atoms with Crippen LogP contribution in [0.3, 0.4) is 0 Å². The predicted octanol–water partition coefficient (Wildman–Crippen LogP) is 5.36. The van der Waals surface area contributed by atoms with Gasteiger partial charge in [-0.05, 0) is 51.4 Å². The normalized spacial score (nSPS) is 14.8. The largest absolute Gasteiger partial charge is 0.504 e. The third-order valence-corrected chi connectivity index (χ3v) is 4.97. The van der Waals surface area contributed by atoms with Crippen LogP contribution in [0.5, 0.6) is 0 Å². The second-order valence-corrected chi connectivity index (χ2v) is 7.39. The van der Waals surface area contributed by atoms with Gasteiger partial charge in [-0.3, -0.25) is 9.59 Å². The summed E-state index contributed by atoms with van der Waals surface area (Å²) in [5, 5.41) is 18.3. The third-order valence-electron chi connectivity index (χ3n) is 4.97. The summed E-state index contributed by atoms with van der Waals surface area (Å²) in [7, 11) is 1.34. The minimum Gasteiger partial charge on any atom is -0.504 e. The maximum Gasteiger partial charge on any atom is 0.327 e. The van der Waals surface area contributed by atoms with E-state index in [1.165, 1.54) is 13.2 Å². The summed E-state index contributed by atoms with van der Waals surface area (Å²) in [5.74, 6) is -2.29. The number of Topliss-reactive ketones (excluding diaryl/α,β-unsaturated/α-hetero) is 1. The molecule has 0 atom stereocenters. The Labute approximate surface area is 179 Å². The summed E-state index contributed by atoms with van der Waals surface area (Å²) in [6.45, 7) is 0. The molecular weight excluding hydrogens is 384 g/mol. The molecule has 0 saturated heterocycles. The van der Waals surface area contributed by atoms with Gasteiger partial charge in [-0.2, -0.15) is 0 Å². The van der Waals surface area contributed by atoms with Gasteiger partial charge in [-0.25, -0.2) is 4.79 Å². The topological polar surface area (TPSA) is 101 Å². The lowest BCUT2D eigenvalue weighted by molar-refractivity contribution is -0.131. The number of rotatable bonds is 16. The van der Waals surface area contributed by atoms with Gasteiger partial charge < -0.3 is 14.9 Å². The Kier molecular flexibility index (Phi) is 12.9. The average Bonchev–Trinajstić information content (AvgIpc) is 2.72. The number of ether oxygens (including phenoxy) is 1. The van der Waals surface area contributed by atoms with Crippen molar-refractivity contribution < 1.29 is 29.3 Å². The monoisotopic (exact) mass is 418 g/mol. The summed E-state index contributed by atoms with van der Waals surface area (Å²) in [6.07, 6.45) is 20.0. The van der Waals surface area contributed by atoms with Gasteiger partial charge >= 0.3 is 5.97 Å². The molecule has 6 nitrogen and oxygen atoms in total. The van der Waals surface area contributed by atoms with Gasteiger partial charge in [0.2, 0.25) is 11.6 Å². The number of aliphatic hydroxyl groups excluding tert-OH is 1. The van der Waals surface area contributed by atoms with Crippen molar-refractivity contribution in [2.24, 2.45) is 0 Å². The Bertz CT molecular complexity index is 696. The van der Waals surface area contributed by atoms with Gasteiger partial charge in [0.1, 0.15) is 0 Å². The SMILES string of the molecule is COC1=CC(=O)C(O)=C(CCCCCCC/C=C\CCCCC/C=C/C(=O)O)C1=O. The fourth-order valence-electron chi connectivity index (χ4n) is 3.26. The van der Waals surface area contributed by atoms with Crippen LogP contribution in [-0.4, -0.2) is 34.9 Å². The lowest BCUT2D eigenvalue weighted by atomic mass is 9.94. The lowest BCUT2D eigenvalue weighted by Gasteiger charge is -2.14. The molecule has 0 amide bonds. The van der Waals surface area contributed by atoms with E-state index in [-0.39, 0.29) is 11.3 Å². The Hall–Kier alpha value is -2.63. The van der Waals surface area contributed by atoms with Crippen molar-refractivity contribution >= 4 is 17.5 Å². The highest BCUT2D eigenvalue weighted by Gasteiger charge is 2.28. The number of carbonyl (C=O) groups is 3. The van der Waals surface area contributed by atoms with Crippen LogP contribution in [0.15, 0.2) is 47.5 Å². The van der Waals surface area contributed by atoms with Crippen molar-refractivity contribution in [3.8, 4) is 0 Å². The zero-order chi connectivity index (χ0) is 22.2. The summed E-state index contributed by atoms with van der Waals surface area (Å²) in [5.41, 5.74) is 0.167. The van der Waals surface area contributed by atoms with Crippen LogP contribution in [0.25, 0.3) is 0 Å². The molecule has 6 heteroatoms. The first kappa shape index (κ1) is 25.4. The highest BCUT2D eigenvalue weighted by Crippen LogP contribution is 2.23. The molecule has 1 aliphatic rings. The molecule has 0 saturated carbocycles. The Balaban J connectivity index is 2.02. The molecule has 1 aliphatic carbocycles. The number of methoxy groups -OCH3 is 1. The van der Waals surface area contributed by atoms with Gasteiger partial charge in [0, 0.05) is 17.7 Å². The van der Waals surface area contributed by atoms with Crippen LogP contribution >= 0.6 is 0 Å². The lowest BCUT2D eigenvalue weighted by Crippen LogP contribution is -2.20. The van der Waals surface area contributed by atoms with Crippen LogP contribution in [0.4, 0.5) is 0 Å². The molecule has 0 aromatic rings. The van der Waals surface area contributed by atoms with Crippen LogP contribution in [0.1, 0.15) is 77.0 Å². The number of aliphatic hydroxyl groups is 1. The molecule has 0 fully saturated rings. The van der Waals surface area contributed by atoms with E-state index in [4.69, 9.17) is 9.84 Å². The maximum absolute atomic E-state index is 12.1. The van der Waals surface area contributed by atoms with Gasteiger partial charge in [0.15, 0.2) is 11.5 Å². The molecule has 0 heterocycles. The van der Waals surface area contributed by atoms with Crippen LogP contribution in [0.2, 0.25) is 0 Å². The molecular formula is C24H34O6. The number of carboxylic acids is 1. The Morgan fingerprint density at radius 2 is 1.43 bits per heavy atom. The van der Waals surface area contributed by atoms with E-state index in [0.717, 1.165) is 76.7 Å². The zero-order valence-corrected chi connectivity index (χ0v) is 17.9. The van der Waals surface area contributed by atoms with Crippen LogP contribution in [0, 0.1) is 0 Å². The van der Waals surface area contributed by atoms with E-state index in [2.05, 4.69) is 12.2 Å². The van der Waals surface area contributed by atoms with Crippen molar-refractivity contribution in [2.45, 2.75) is 77.0 Å². The fraction of sp³-hybridized carbons (Fsp3) is 0.542. The molecule has 166 valence electrons. The standard InChI is InChI=1S/C24H34O6/c1-30-21-18-20(25)23(28)19(24(21)29)16-14-12-10-8-6-4-2-3-5-7-9-11-13-15-17-22(26)27/h2-3,15,17-18,28H,4-14,16H2,1H3,(H,26,27)/b3-2-,17-15+. The Morgan fingerprint density at radius 3 is 2.03 bits per heavy atom. The summed E-state index contributed by atoms with van der Waals surface area (Å²) in [6, 6.07) is 0. The number of allylic oxidation sites excluding steroid dienone is 5. The van der Waals surface area contributed by atoms with Crippen LogP contribution < -0.4 is 0 Å². The Morgan fingerprint density at radius 1 is 0.900 bits per heavy atom. The molecule has 0 aromatic heterocycles. The number of carboxylic acid groups (broad SMARTS) is 1. The molecule has 0 radical (unpaired) electrons. The number of carbonyl (C=O) groups excluding carboxylic acids is 2. The maximum atomic E-state index is 12.1.